The number of likely N-dealkylation sites (N-methyl/N-ethyl adjacent to an activating group) is 1. The van der Waals surface area contributed by atoms with Crippen LogP contribution in [0.1, 0.15) is 37.7 Å². The van der Waals surface area contributed by atoms with Crippen molar-refractivity contribution in [3.05, 3.63) is 53.8 Å². The van der Waals surface area contributed by atoms with Gasteiger partial charge in [-0.05, 0) is 48.7 Å². The molecule has 1 atom stereocenters. The number of halogens is 1. The Bertz CT molecular complexity index is 1410. The molecule has 0 bridgehead atoms. The van der Waals surface area contributed by atoms with E-state index in [1.807, 2.05) is 25.4 Å². The van der Waals surface area contributed by atoms with Crippen LogP contribution in [0.25, 0.3) is 10.8 Å². The molecule has 1 saturated heterocycles. The summed E-state index contributed by atoms with van der Waals surface area (Å²) in [4.78, 5) is 9.61. The maximum Gasteiger partial charge on any atom is 0.229 e. The zero-order valence-corrected chi connectivity index (χ0v) is 21.4. The summed E-state index contributed by atoms with van der Waals surface area (Å²) < 4.78 is 32.8. The fourth-order valence-corrected chi connectivity index (χ4v) is 7.13. The number of ether oxygens (including phenoxy) is 3. The molecule has 1 aliphatic carbocycles. The highest BCUT2D eigenvalue weighted by Gasteiger charge is 2.63. The lowest BCUT2D eigenvalue weighted by Crippen LogP contribution is -2.63. The zero-order valence-electron chi connectivity index (χ0n) is 21.4. The van der Waals surface area contributed by atoms with Gasteiger partial charge in [0.1, 0.15) is 17.3 Å². The van der Waals surface area contributed by atoms with Crippen LogP contribution in [0.4, 0.5) is 21.5 Å². The smallest absolute Gasteiger partial charge is 0.229 e. The van der Waals surface area contributed by atoms with Crippen LogP contribution in [0.2, 0.25) is 0 Å². The van der Waals surface area contributed by atoms with Crippen molar-refractivity contribution in [3.63, 3.8) is 0 Å². The Morgan fingerprint density at radius 1 is 0.946 bits per heavy atom. The summed E-state index contributed by atoms with van der Waals surface area (Å²) in [5, 5.41) is 2.13. The van der Waals surface area contributed by atoms with E-state index in [0.717, 1.165) is 78.1 Å². The number of methoxy groups -OCH3 is 1. The Morgan fingerprint density at radius 3 is 2.54 bits per heavy atom. The monoisotopic (exact) mass is 501 g/mol. The molecule has 3 aromatic carbocycles. The van der Waals surface area contributed by atoms with Gasteiger partial charge in [-0.3, -0.25) is 4.99 Å². The molecule has 2 fully saturated rings. The summed E-state index contributed by atoms with van der Waals surface area (Å²) in [6.45, 7) is 3.01. The van der Waals surface area contributed by atoms with Gasteiger partial charge in [0.25, 0.3) is 0 Å². The van der Waals surface area contributed by atoms with E-state index in [4.69, 9.17) is 19.2 Å². The molecule has 192 valence electrons. The van der Waals surface area contributed by atoms with Crippen LogP contribution in [0.15, 0.2) is 47.5 Å². The van der Waals surface area contributed by atoms with E-state index in [1.54, 1.807) is 19.2 Å². The van der Waals surface area contributed by atoms with Crippen molar-refractivity contribution in [1.82, 2.24) is 0 Å². The summed E-state index contributed by atoms with van der Waals surface area (Å²) >= 11 is 0. The number of fused-ring (bicyclic) bond motifs is 6. The van der Waals surface area contributed by atoms with Gasteiger partial charge in [0.2, 0.25) is 5.72 Å². The molecule has 37 heavy (non-hydrogen) atoms. The van der Waals surface area contributed by atoms with Gasteiger partial charge in [-0.15, -0.1) is 0 Å². The molecular weight excluding hydrogens is 469 g/mol. The molecule has 3 aromatic rings. The molecule has 4 aliphatic rings. The quantitative estimate of drug-likeness (QED) is 0.433. The Labute approximate surface area is 216 Å². The SMILES string of the molecule is COc1ccc2c3c(cc(N4CCOCC4)c2c1)OC1(C=N3)N(C)c2cc(F)ccc2C12CCCCC2. The molecule has 0 amide bonds. The van der Waals surface area contributed by atoms with E-state index in [-0.39, 0.29) is 11.2 Å². The van der Waals surface area contributed by atoms with Gasteiger partial charge in [0.05, 0.1) is 32.0 Å². The number of morpholine rings is 1. The first kappa shape index (κ1) is 22.8. The van der Waals surface area contributed by atoms with Gasteiger partial charge < -0.3 is 24.0 Å². The van der Waals surface area contributed by atoms with E-state index < -0.39 is 5.72 Å². The number of anilines is 2. The number of aliphatic imine (C=N–C) groups is 1. The zero-order chi connectivity index (χ0) is 25.2. The van der Waals surface area contributed by atoms with Crippen LogP contribution >= 0.6 is 0 Å². The Balaban J connectivity index is 1.43. The molecule has 3 heterocycles. The van der Waals surface area contributed by atoms with Gasteiger partial charge in [-0.2, -0.15) is 0 Å². The molecule has 2 spiro atoms. The third-order valence-corrected chi connectivity index (χ3v) is 8.97. The van der Waals surface area contributed by atoms with Gasteiger partial charge in [0.15, 0.2) is 5.75 Å². The molecule has 0 aromatic heterocycles. The minimum atomic E-state index is -0.807. The second-order valence-corrected chi connectivity index (χ2v) is 10.7. The number of hydrogen-bond donors (Lipinski definition) is 0. The average Bonchev–Trinajstić information content (AvgIpc) is 3.12. The predicted molar refractivity (Wildman–Crippen MR) is 145 cm³/mol. The summed E-state index contributed by atoms with van der Waals surface area (Å²) in [5.74, 6) is 1.36. The van der Waals surface area contributed by atoms with Crippen molar-refractivity contribution in [1.29, 1.82) is 0 Å². The van der Waals surface area contributed by atoms with Crippen LogP contribution in [-0.4, -0.2) is 52.4 Å². The highest BCUT2D eigenvalue weighted by Crippen LogP contribution is 2.60. The topological polar surface area (TPSA) is 46.5 Å². The Morgan fingerprint density at radius 2 is 1.76 bits per heavy atom. The van der Waals surface area contributed by atoms with E-state index in [1.165, 1.54) is 12.0 Å². The molecule has 0 N–H and O–H groups in total. The normalized spacial score (nSPS) is 23.9. The average molecular weight is 502 g/mol. The van der Waals surface area contributed by atoms with Crippen molar-refractivity contribution >= 4 is 34.0 Å². The van der Waals surface area contributed by atoms with Gasteiger partial charge in [0, 0.05) is 48.4 Å². The first-order valence-corrected chi connectivity index (χ1v) is 13.3. The number of hydrogen-bond acceptors (Lipinski definition) is 6. The van der Waals surface area contributed by atoms with E-state index in [0.29, 0.717) is 13.2 Å². The van der Waals surface area contributed by atoms with Crippen LogP contribution in [-0.2, 0) is 10.2 Å². The van der Waals surface area contributed by atoms with E-state index in [2.05, 4.69) is 28.0 Å². The highest BCUT2D eigenvalue weighted by atomic mass is 19.1. The first-order chi connectivity index (χ1) is 18.1. The van der Waals surface area contributed by atoms with Gasteiger partial charge in [-0.1, -0.05) is 25.3 Å². The highest BCUT2D eigenvalue weighted by molar-refractivity contribution is 6.06. The Hall–Kier alpha value is -3.32. The lowest BCUT2D eigenvalue weighted by molar-refractivity contribution is 0.0400. The third-order valence-electron chi connectivity index (χ3n) is 8.97. The number of benzene rings is 3. The lowest BCUT2D eigenvalue weighted by atomic mass is 9.64. The molecule has 7 rings (SSSR count). The molecule has 7 heteroatoms. The number of rotatable bonds is 2. The summed E-state index contributed by atoms with van der Waals surface area (Å²) in [6.07, 6.45) is 7.41. The van der Waals surface area contributed by atoms with Crippen LogP contribution < -0.4 is 19.3 Å². The van der Waals surface area contributed by atoms with Crippen LogP contribution in [0.5, 0.6) is 11.5 Å². The van der Waals surface area contributed by atoms with Crippen LogP contribution in [0, 0.1) is 5.82 Å². The molecule has 1 saturated carbocycles. The van der Waals surface area contributed by atoms with Crippen molar-refractivity contribution in [2.75, 3.05) is 50.3 Å². The first-order valence-electron chi connectivity index (χ1n) is 13.3. The maximum atomic E-state index is 14.5. The minimum Gasteiger partial charge on any atom is -0.497 e. The van der Waals surface area contributed by atoms with E-state index >= 15 is 0 Å². The van der Waals surface area contributed by atoms with Crippen molar-refractivity contribution in [2.45, 2.75) is 43.2 Å². The molecule has 3 aliphatic heterocycles. The van der Waals surface area contributed by atoms with Gasteiger partial charge >= 0.3 is 0 Å². The molecule has 1 unspecified atom stereocenters. The standard InChI is InChI=1S/C30H32FN3O3/c1-33-26-16-20(31)6-9-24(26)29(10-4-3-5-11-29)30(33)19-32-28-22-8-7-21(35-2)17-23(22)25(18-27(28)37-30)34-12-14-36-15-13-34/h6-9,16-19H,3-5,10-15H2,1-2H3. The second kappa shape index (κ2) is 8.35. The third kappa shape index (κ3) is 3.16. The number of nitrogens with zero attached hydrogens (tertiary/aromatic N) is 3. The second-order valence-electron chi connectivity index (χ2n) is 10.7. The van der Waals surface area contributed by atoms with E-state index in [9.17, 15) is 4.39 Å². The van der Waals surface area contributed by atoms with Crippen LogP contribution in [0.3, 0.4) is 0 Å². The summed E-state index contributed by atoms with van der Waals surface area (Å²) in [7, 11) is 3.71. The fourth-order valence-electron chi connectivity index (χ4n) is 7.13. The molecule has 6 nitrogen and oxygen atoms in total. The summed E-state index contributed by atoms with van der Waals surface area (Å²) in [5.41, 5.74) is 2.92. The lowest BCUT2D eigenvalue weighted by Gasteiger charge is -2.50. The summed E-state index contributed by atoms with van der Waals surface area (Å²) in [6, 6.07) is 13.5. The molecular formula is C30H32FN3O3. The fraction of sp³-hybridized carbons (Fsp3) is 0.433. The minimum absolute atomic E-state index is 0.226. The largest absolute Gasteiger partial charge is 0.497 e. The van der Waals surface area contributed by atoms with Crippen molar-refractivity contribution in [3.8, 4) is 11.5 Å². The van der Waals surface area contributed by atoms with Gasteiger partial charge in [-0.25, -0.2) is 4.39 Å². The van der Waals surface area contributed by atoms with Crippen molar-refractivity contribution < 1.29 is 18.6 Å². The van der Waals surface area contributed by atoms with Crippen molar-refractivity contribution in [2.24, 2.45) is 4.99 Å². The predicted octanol–water partition coefficient (Wildman–Crippen LogP) is 5.97. The molecule has 0 radical (unpaired) electrons. The maximum absolute atomic E-state index is 14.5. The Kier molecular flexibility index (Phi) is 5.15.